The molecule has 5 aliphatic heterocycles. The third kappa shape index (κ3) is 7.21. The number of nitrogens with one attached hydrogen (secondary N) is 3. The van der Waals surface area contributed by atoms with Gasteiger partial charge in [-0.1, -0.05) is 35.4 Å². The molecule has 2 saturated heterocycles. The van der Waals surface area contributed by atoms with Crippen LogP contribution in [0, 0.1) is 12.8 Å². The van der Waals surface area contributed by atoms with Crippen LogP contribution in [0.1, 0.15) is 84.1 Å². The minimum Gasteiger partial charge on any atom is -0.384 e. The number of fused-ring (bicyclic) bond motifs is 4. The first kappa shape index (κ1) is 37.8. The number of carbonyl (C=O) groups is 5. The summed E-state index contributed by atoms with van der Waals surface area (Å²) in [5, 5.41) is 17.1. The maximum absolute atomic E-state index is 13.9. The molecule has 3 N–H and O–H groups in total. The molecule has 2 fully saturated rings. The Morgan fingerprint density at radius 2 is 1.77 bits per heavy atom. The molecular formula is C39H43ClN10O5S. The van der Waals surface area contributed by atoms with E-state index in [1.54, 1.807) is 23.9 Å². The van der Waals surface area contributed by atoms with Gasteiger partial charge in [-0.3, -0.25) is 44.3 Å². The molecule has 0 radical (unpaired) electrons. The number of piperidine rings is 1. The molecule has 56 heavy (non-hydrogen) atoms. The quantitative estimate of drug-likeness (QED) is 0.271. The van der Waals surface area contributed by atoms with Crippen molar-refractivity contribution in [2.24, 2.45) is 10.9 Å². The second-order valence-corrected chi connectivity index (χ2v) is 16.5. The molecule has 6 heterocycles. The van der Waals surface area contributed by atoms with Gasteiger partial charge in [0, 0.05) is 73.9 Å². The smallest absolute Gasteiger partial charge is 0.255 e. The van der Waals surface area contributed by atoms with Gasteiger partial charge in [0.2, 0.25) is 23.6 Å². The van der Waals surface area contributed by atoms with Crippen LogP contribution in [0.5, 0.6) is 0 Å². The van der Waals surface area contributed by atoms with Crippen molar-refractivity contribution in [3.8, 4) is 0 Å². The van der Waals surface area contributed by atoms with Crippen molar-refractivity contribution in [1.82, 2.24) is 40.3 Å². The number of rotatable bonds is 9. The van der Waals surface area contributed by atoms with Crippen LogP contribution in [-0.4, -0.2) is 104 Å². The second kappa shape index (κ2) is 15.5. The van der Waals surface area contributed by atoms with Crippen LogP contribution in [0.4, 0.5) is 5.69 Å². The lowest BCUT2D eigenvalue weighted by molar-refractivity contribution is -0.137. The molecule has 292 valence electrons. The first-order valence-corrected chi connectivity index (χ1v) is 20.1. The van der Waals surface area contributed by atoms with E-state index in [0.717, 1.165) is 28.4 Å². The van der Waals surface area contributed by atoms with Crippen LogP contribution in [0.25, 0.3) is 0 Å². The molecule has 3 unspecified atom stereocenters. The SMILES string of the molecule is CC1=C(C)C2C(c3ccc(Cl)cc3)=N[C@@H](CC(=O)N3CCN(NC(=O)CCNc4cccc5c4CN(C4CCC(=O)NC4=O)C5=O)CC3)c3nnc(C)n3C2S1. The molecule has 2 aromatic carbocycles. The number of benzene rings is 2. The standard InChI is InChI=1S/C39H43ClN10O5S/c1-21-22(2)56-39-34(21)35(24-7-9-25(40)10-8-24)42-29(36-45-44-23(3)50(36)39)19-33(53)47-15-17-48(18-16-47)46-32(52)13-14-41-28-6-4-5-26-27(28)20-49(38(26)55)30-11-12-31(51)43-37(30)54/h4-10,29-30,34,39,41H,11-20H2,1-3H3,(H,46,52)(H,43,51,54)/t29-,30?,34?,39?/m0/s1. The number of piperazine rings is 1. The highest BCUT2D eigenvalue weighted by atomic mass is 35.5. The Morgan fingerprint density at radius 3 is 2.52 bits per heavy atom. The zero-order chi connectivity index (χ0) is 39.2. The van der Waals surface area contributed by atoms with Gasteiger partial charge in [0.1, 0.15) is 17.9 Å². The molecule has 5 aliphatic rings. The maximum Gasteiger partial charge on any atom is 0.255 e. The number of imide groups is 1. The monoisotopic (exact) mass is 798 g/mol. The minimum atomic E-state index is -0.698. The van der Waals surface area contributed by atoms with Gasteiger partial charge in [-0.2, -0.15) is 0 Å². The van der Waals surface area contributed by atoms with Crippen LogP contribution in [0.3, 0.4) is 0 Å². The molecule has 15 nitrogen and oxygen atoms in total. The van der Waals surface area contributed by atoms with Crippen molar-refractivity contribution in [3.63, 3.8) is 0 Å². The van der Waals surface area contributed by atoms with E-state index < -0.39 is 18.0 Å². The lowest BCUT2D eigenvalue weighted by atomic mass is 9.90. The molecule has 8 rings (SSSR count). The number of amides is 5. The van der Waals surface area contributed by atoms with E-state index >= 15 is 0 Å². The summed E-state index contributed by atoms with van der Waals surface area (Å²) in [7, 11) is 0. The fourth-order valence-electron chi connectivity index (χ4n) is 8.22. The summed E-state index contributed by atoms with van der Waals surface area (Å²) >= 11 is 8.04. The number of halogens is 1. The molecule has 3 aromatic rings. The second-order valence-electron chi connectivity index (χ2n) is 14.8. The van der Waals surface area contributed by atoms with Gasteiger partial charge in [0.15, 0.2) is 5.82 Å². The van der Waals surface area contributed by atoms with E-state index in [1.807, 2.05) is 47.2 Å². The Labute approximate surface area is 333 Å². The molecule has 4 atom stereocenters. The summed E-state index contributed by atoms with van der Waals surface area (Å²) < 4.78 is 2.16. The van der Waals surface area contributed by atoms with Gasteiger partial charge in [-0.25, -0.2) is 5.01 Å². The summed E-state index contributed by atoms with van der Waals surface area (Å²) in [4.78, 5) is 74.0. The number of hydrazine groups is 1. The minimum absolute atomic E-state index is 0.00913. The third-order valence-electron chi connectivity index (χ3n) is 11.3. The highest BCUT2D eigenvalue weighted by molar-refractivity contribution is 8.03. The number of aliphatic imine (C=N–C) groups is 1. The fourth-order valence-corrected chi connectivity index (χ4v) is 9.85. The van der Waals surface area contributed by atoms with Crippen molar-refractivity contribution in [2.45, 2.75) is 70.5 Å². The van der Waals surface area contributed by atoms with E-state index in [1.165, 1.54) is 15.4 Å². The van der Waals surface area contributed by atoms with Crippen molar-refractivity contribution in [2.75, 3.05) is 38.0 Å². The molecule has 0 aliphatic carbocycles. The third-order valence-corrected chi connectivity index (χ3v) is 13.0. The van der Waals surface area contributed by atoms with Crippen molar-refractivity contribution in [1.29, 1.82) is 0 Å². The first-order chi connectivity index (χ1) is 27.0. The van der Waals surface area contributed by atoms with Gasteiger partial charge in [0.25, 0.3) is 5.91 Å². The van der Waals surface area contributed by atoms with E-state index in [2.05, 4.69) is 44.7 Å². The van der Waals surface area contributed by atoms with E-state index in [9.17, 15) is 24.0 Å². The fraction of sp³-hybridized carbons (Fsp3) is 0.436. The zero-order valence-corrected chi connectivity index (χ0v) is 33.0. The number of hydrogen-bond acceptors (Lipinski definition) is 11. The van der Waals surface area contributed by atoms with E-state index in [0.29, 0.717) is 49.1 Å². The van der Waals surface area contributed by atoms with Crippen LogP contribution in [-0.2, 0) is 25.7 Å². The number of anilines is 1. The van der Waals surface area contributed by atoms with Crippen LogP contribution >= 0.6 is 23.4 Å². The first-order valence-electron chi connectivity index (χ1n) is 18.9. The van der Waals surface area contributed by atoms with E-state index in [4.69, 9.17) is 16.6 Å². The molecule has 5 amide bonds. The van der Waals surface area contributed by atoms with Gasteiger partial charge in [0.05, 0.1) is 23.4 Å². The van der Waals surface area contributed by atoms with Crippen molar-refractivity contribution in [3.05, 3.63) is 86.3 Å². The Bertz CT molecular complexity index is 2180. The van der Waals surface area contributed by atoms with E-state index in [-0.39, 0.29) is 67.1 Å². The van der Waals surface area contributed by atoms with Gasteiger partial charge >= 0.3 is 0 Å². The lowest BCUT2D eigenvalue weighted by Crippen LogP contribution is -2.55. The number of thioether (sulfide) groups is 1. The highest BCUT2D eigenvalue weighted by Crippen LogP contribution is 2.53. The largest absolute Gasteiger partial charge is 0.384 e. The molecule has 0 spiro atoms. The number of aromatic nitrogens is 3. The summed E-state index contributed by atoms with van der Waals surface area (Å²) in [5.74, 6) is 0.211. The summed E-state index contributed by atoms with van der Waals surface area (Å²) in [5.41, 5.74) is 8.08. The molecular weight excluding hydrogens is 756 g/mol. The predicted octanol–water partition coefficient (Wildman–Crippen LogP) is 3.77. The molecule has 0 bridgehead atoms. The number of hydrogen-bond donors (Lipinski definition) is 3. The molecule has 1 aromatic heterocycles. The van der Waals surface area contributed by atoms with Crippen molar-refractivity contribution < 1.29 is 24.0 Å². The Morgan fingerprint density at radius 1 is 1.00 bits per heavy atom. The maximum atomic E-state index is 13.9. The van der Waals surface area contributed by atoms with Crippen LogP contribution in [0.2, 0.25) is 5.02 Å². The van der Waals surface area contributed by atoms with Crippen LogP contribution in [0.15, 0.2) is 57.9 Å². The Balaban J connectivity index is 0.862. The Hall–Kier alpha value is -5.06. The van der Waals surface area contributed by atoms with Gasteiger partial charge in [-0.15, -0.1) is 22.0 Å². The predicted molar refractivity (Wildman–Crippen MR) is 210 cm³/mol. The zero-order valence-electron chi connectivity index (χ0n) is 31.4. The number of allylic oxidation sites excluding steroid dienone is 2. The van der Waals surface area contributed by atoms with Crippen LogP contribution < -0.4 is 16.1 Å². The molecule has 0 saturated carbocycles. The average molecular weight is 799 g/mol. The van der Waals surface area contributed by atoms with Gasteiger partial charge in [-0.05, 0) is 61.9 Å². The normalized spacial score (nSPS) is 23.6. The summed E-state index contributed by atoms with van der Waals surface area (Å²) in [6.45, 7) is 8.63. The highest BCUT2D eigenvalue weighted by Gasteiger charge is 2.44. The average Bonchev–Trinajstić information content (AvgIpc) is 3.79. The number of aryl methyl sites for hydroxylation is 1. The van der Waals surface area contributed by atoms with Gasteiger partial charge < -0.3 is 15.1 Å². The lowest BCUT2D eigenvalue weighted by Gasteiger charge is -2.35. The topological polar surface area (TPSA) is 174 Å². The summed E-state index contributed by atoms with van der Waals surface area (Å²) in [6.07, 6.45) is 0.793. The Kier molecular flexibility index (Phi) is 10.5. The molecule has 17 heteroatoms. The van der Waals surface area contributed by atoms with Crippen molar-refractivity contribution >= 4 is 64.3 Å². The number of nitrogens with zero attached hydrogens (tertiary/aromatic N) is 7. The number of carbonyl (C=O) groups excluding carboxylic acids is 5. The summed E-state index contributed by atoms with van der Waals surface area (Å²) in [6, 6.07) is 11.8.